The van der Waals surface area contributed by atoms with Crippen molar-refractivity contribution in [1.82, 2.24) is 4.90 Å². The van der Waals surface area contributed by atoms with Gasteiger partial charge in [0.05, 0.1) is 13.0 Å². The van der Waals surface area contributed by atoms with Gasteiger partial charge in [0.15, 0.2) is 0 Å². The van der Waals surface area contributed by atoms with Crippen LogP contribution in [0.1, 0.15) is 44.4 Å². The van der Waals surface area contributed by atoms with E-state index in [1.54, 1.807) is 0 Å². The molecular formula is C21H27NO2. The van der Waals surface area contributed by atoms with Gasteiger partial charge in [0, 0.05) is 18.6 Å². The summed E-state index contributed by atoms with van der Waals surface area (Å²) in [6.45, 7) is 7.37. The SMILES string of the molecule is CCOC(=O)C[C@H](C)N(Cc1ccccc1)C(C)c1ccccc1. The van der Waals surface area contributed by atoms with Crippen LogP contribution in [0.5, 0.6) is 0 Å². The van der Waals surface area contributed by atoms with Gasteiger partial charge in [-0.2, -0.15) is 0 Å². The van der Waals surface area contributed by atoms with Gasteiger partial charge in [-0.1, -0.05) is 60.7 Å². The third-order valence-electron chi connectivity index (χ3n) is 4.32. The third kappa shape index (κ3) is 5.20. The fraction of sp³-hybridized carbons (Fsp3) is 0.381. The van der Waals surface area contributed by atoms with Gasteiger partial charge in [0.2, 0.25) is 0 Å². The second kappa shape index (κ2) is 9.24. The molecule has 3 nitrogen and oxygen atoms in total. The maximum atomic E-state index is 11.9. The molecule has 0 saturated carbocycles. The molecule has 0 fully saturated rings. The van der Waals surface area contributed by atoms with Crippen molar-refractivity contribution in [3.63, 3.8) is 0 Å². The summed E-state index contributed by atoms with van der Waals surface area (Å²) in [5.41, 5.74) is 2.50. The highest BCUT2D eigenvalue weighted by molar-refractivity contribution is 5.70. The molecule has 0 N–H and O–H groups in total. The van der Waals surface area contributed by atoms with E-state index < -0.39 is 0 Å². The molecule has 2 rings (SSSR count). The average molecular weight is 325 g/mol. The Morgan fingerprint density at radius 2 is 1.58 bits per heavy atom. The highest BCUT2D eigenvalue weighted by Crippen LogP contribution is 2.26. The van der Waals surface area contributed by atoms with E-state index in [9.17, 15) is 4.79 Å². The smallest absolute Gasteiger partial charge is 0.307 e. The number of hydrogen-bond acceptors (Lipinski definition) is 3. The predicted molar refractivity (Wildman–Crippen MR) is 97.6 cm³/mol. The molecule has 0 spiro atoms. The molecule has 128 valence electrons. The minimum absolute atomic E-state index is 0.0967. The summed E-state index contributed by atoms with van der Waals surface area (Å²) in [5.74, 6) is -0.136. The zero-order chi connectivity index (χ0) is 17.4. The Bertz CT molecular complexity index is 612. The summed E-state index contributed by atoms with van der Waals surface area (Å²) < 4.78 is 5.13. The molecule has 0 heterocycles. The van der Waals surface area contributed by atoms with E-state index in [1.807, 2.05) is 19.1 Å². The summed E-state index contributed by atoms with van der Waals surface area (Å²) in [6.07, 6.45) is 0.401. The maximum Gasteiger partial charge on any atom is 0.307 e. The fourth-order valence-corrected chi connectivity index (χ4v) is 2.97. The van der Waals surface area contributed by atoms with E-state index in [1.165, 1.54) is 11.1 Å². The molecule has 2 aromatic carbocycles. The highest BCUT2D eigenvalue weighted by atomic mass is 16.5. The summed E-state index contributed by atoms with van der Waals surface area (Å²) >= 11 is 0. The van der Waals surface area contributed by atoms with Crippen LogP contribution >= 0.6 is 0 Å². The van der Waals surface area contributed by atoms with E-state index in [0.29, 0.717) is 13.0 Å². The van der Waals surface area contributed by atoms with E-state index >= 15 is 0 Å². The van der Waals surface area contributed by atoms with Crippen molar-refractivity contribution >= 4 is 5.97 Å². The Labute approximate surface area is 145 Å². The number of hydrogen-bond donors (Lipinski definition) is 0. The van der Waals surface area contributed by atoms with Crippen molar-refractivity contribution in [3.8, 4) is 0 Å². The number of nitrogens with zero attached hydrogens (tertiary/aromatic N) is 1. The van der Waals surface area contributed by atoms with E-state index in [2.05, 4.69) is 67.3 Å². The summed E-state index contributed by atoms with van der Waals surface area (Å²) in [5, 5.41) is 0. The molecule has 2 aromatic rings. The lowest BCUT2D eigenvalue weighted by atomic mass is 10.0. The van der Waals surface area contributed by atoms with Gasteiger partial charge in [-0.3, -0.25) is 9.69 Å². The Morgan fingerprint density at radius 3 is 2.17 bits per heavy atom. The van der Waals surface area contributed by atoms with E-state index in [-0.39, 0.29) is 18.1 Å². The number of carbonyl (C=O) groups excluding carboxylic acids is 1. The van der Waals surface area contributed by atoms with Crippen LogP contribution in [-0.4, -0.2) is 23.5 Å². The van der Waals surface area contributed by atoms with Gasteiger partial charge in [-0.15, -0.1) is 0 Å². The zero-order valence-electron chi connectivity index (χ0n) is 14.8. The number of benzene rings is 2. The van der Waals surface area contributed by atoms with Gasteiger partial charge in [-0.05, 0) is 31.9 Å². The largest absolute Gasteiger partial charge is 0.466 e. The van der Waals surface area contributed by atoms with Crippen LogP contribution < -0.4 is 0 Å². The van der Waals surface area contributed by atoms with Crippen molar-refractivity contribution < 1.29 is 9.53 Å². The third-order valence-corrected chi connectivity index (χ3v) is 4.32. The minimum atomic E-state index is -0.136. The van der Waals surface area contributed by atoms with Gasteiger partial charge >= 0.3 is 5.97 Å². The van der Waals surface area contributed by atoms with Crippen molar-refractivity contribution in [2.75, 3.05) is 6.61 Å². The average Bonchev–Trinajstić information content (AvgIpc) is 2.61. The fourth-order valence-electron chi connectivity index (χ4n) is 2.97. The standard InChI is InChI=1S/C21H27NO2/c1-4-24-21(23)15-17(2)22(16-19-11-7-5-8-12-19)18(3)20-13-9-6-10-14-20/h5-14,17-18H,4,15-16H2,1-3H3/t17-,18?/m0/s1. The Kier molecular flexibility index (Phi) is 7.01. The molecular weight excluding hydrogens is 298 g/mol. The topological polar surface area (TPSA) is 29.5 Å². The second-order valence-corrected chi connectivity index (χ2v) is 6.10. The lowest BCUT2D eigenvalue weighted by molar-refractivity contribution is -0.144. The predicted octanol–water partition coefficient (Wildman–Crippen LogP) is 4.59. The number of ether oxygens (including phenoxy) is 1. The van der Waals surface area contributed by atoms with Gasteiger partial charge in [0.1, 0.15) is 0 Å². The molecule has 0 aliphatic carbocycles. The lowest BCUT2D eigenvalue weighted by Gasteiger charge is -2.34. The van der Waals surface area contributed by atoms with Gasteiger partial charge in [-0.25, -0.2) is 0 Å². The zero-order valence-corrected chi connectivity index (χ0v) is 14.8. The summed E-state index contributed by atoms with van der Waals surface area (Å²) in [4.78, 5) is 14.3. The van der Waals surface area contributed by atoms with Gasteiger partial charge < -0.3 is 4.74 Å². The molecule has 1 unspecified atom stereocenters. The van der Waals surface area contributed by atoms with Crippen LogP contribution in [-0.2, 0) is 16.1 Å². The molecule has 3 heteroatoms. The monoisotopic (exact) mass is 325 g/mol. The van der Waals surface area contributed by atoms with E-state index in [0.717, 1.165) is 6.54 Å². The van der Waals surface area contributed by atoms with Gasteiger partial charge in [0.25, 0.3) is 0 Å². The molecule has 0 amide bonds. The molecule has 2 atom stereocenters. The van der Waals surface area contributed by atoms with Crippen LogP contribution in [0.4, 0.5) is 0 Å². The molecule has 0 aliphatic rings. The second-order valence-electron chi connectivity index (χ2n) is 6.10. The Morgan fingerprint density at radius 1 is 1.00 bits per heavy atom. The van der Waals surface area contributed by atoms with Crippen LogP contribution in [0.15, 0.2) is 60.7 Å². The number of carbonyl (C=O) groups is 1. The van der Waals surface area contributed by atoms with Crippen molar-refractivity contribution in [1.29, 1.82) is 0 Å². The van der Waals surface area contributed by atoms with Crippen LogP contribution in [0, 0.1) is 0 Å². The molecule has 0 radical (unpaired) electrons. The first-order valence-corrected chi connectivity index (χ1v) is 8.62. The van der Waals surface area contributed by atoms with Crippen LogP contribution in [0.2, 0.25) is 0 Å². The van der Waals surface area contributed by atoms with Crippen molar-refractivity contribution in [3.05, 3.63) is 71.8 Å². The first-order valence-electron chi connectivity index (χ1n) is 8.62. The molecule has 0 saturated heterocycles. The van der Waals surface area contributed by atoms with Crippen LogP contribution in [0.3, 0.4) is 0 Å². The summed E-state index contributed by atoms with van der Waals surface area (Å²) in [6, 6.07) is 21.1. The van der Waals surface area contributed by atoms with Crippen molar-refractivity contribution in [2.45, 2.75) is 45.8 Å². The maximum absolute atomic E-state index is 11.9. The molecule has 24 heavy (non-hydrogen) atoms. The number of esters is 1. The van der Waals surface area contributed by atoms with Crippen molar-refractivity contribution in [2.24, 2.45) is 0 Å². The Balaban J connectivity index is 2.18. The molecule has 0 aliphatic heterocycles. The number of rotatable bonds is 8. The van der Waals surface area contributed by atoms with Crippen LogP contribution in [0.25, 0.3) is 0 Å². The summed E-state index contributed by atoms with van der Waals surface area (Å²) in [7, 11) is 0. The lowest BCUT2D eigenvalue weighted by Crippen LogP contribution is -2.36. The molecule has 0 bridgehead atoms. The first kappa shape index (κ1) is 18.2. The highest BCUT2D eigenvalue weighted by Gasteiger charge is 2.24. The van der Waals surface area contributed by atoms with E-state index in [4.69, 9.17) is 4.74 Å². The normalized spacial score (nSPS) is 13.5. The molecule has 0 aromatic heterocycles. The first-order chi connectivity index (χ1) is 11.6. The Hall–Kier alpha value is -2.13. The minimum Gasteiger partial charge on any atom is -0.466 e. The quantitative estimate of drug-likeness (QED) is 0.665.